The Morgan fingerprint density at radius 1 is 1.33 bits per heavy atom. The lowest BCUT2D eigenvalue weighted by Gasteiger charge is -2.21. The van der Waals surface area contributed by atoms with Gasteiger partial charge in [0, 0.05) is 37.6 Å². The van der Waals surface area contributed by atoms with Crippen LogP contribution in [0, 0.1) is 5.92 Å². The van der Waals surface area contributed by atoms with Gasteiger partial charge in [-0.3, -0.25) is 4.90 Å². The van der Waals surface area contributed by atoms with Crippen molar-refractivity contribution in [2.24, 2.45) is 5.92 Å². The molecule has 0 atom stereocenters. The van der Waals surface area contributed by atoms with E-state index in [1.54, 1.807) is 11.3 Å². The molecule has 21 heavy (non-hydrogen) atoms. The summed E-state index contributed by atoms with van der Waals surface area (Å²) < 4.78 is 6.14. The highest BCUT2D eigenvalue weighted by atomic mass is 35.5. The highest BCUT2D eigenvalue weighted by molar-refractivity contribution is 7.16. The van der Waals surface area contributed by atoms with E-state index in [-0.39, 0.29) is 6.09 Å². The predicted molar refractivity (Wildman–Crippen MR) is 87.0 cm³/mol. The molecule has 0 N–H and O–H groups in total. The molecule has 0 spiro atoms. The molecule has 2 rings (SSSR count). The number of carbonyl (C=O) groups is 1. The van der Waals surface area contributed by atoms with Crippen LogP contribution in [0.2, 0.25) is 4.34 Å². The van der Waals surface area contributed by atoms with E-state index < -0.39 is 0 Å². The molecule has 1 aliphatic rings. The van der Waals surface area contributed by atoms with Crippen molar-refractivity contribution in [1.29, 1.82) is 0 Å². The second kappa shape index (κ2) is 8.01. The van der Waals surface area contributed by atoms with E-state index in [2.05, 4.69) is 11.0 Å². The van der Waals surface area contributed by atoms with Crippen molar-refractivity contribution in [3.8, 4) is 0 Å². The maximum Gasteiger partial charge on any atom is 0.409 e. The Morgan fingerprint density at radius 2 is 2.14 bits per heavy atom. The Morgan fingerprint density at radius 3 is 2.81 bits per heavy atom. The van der Waals surface area contributed by atoms with Gasteiger partial charge in [-0.05, 0) is 24.5 Å². The number of carbonyl (C=O) groups excluding carboxylic acids is 1. The molecule has 0 aliphatic carbocycles. The van der Waals surface area contributed by atoms with Crippen molar-refractivity contribution in [2.75, 3.05) is 32.8 Å². The van der Waals surface area contributed by atoms with E-state index in [0.717, 1.165) is 43.5 Å². The van der Waals surface area contributed by atoms with Crippen molar-refractivity contribution in [3.63, 3.8) is 0 Å². The molecule has 1 aromatic rings. The Bertz CT molecular complexity index is 464. The molecule has 0 radical (unpaired) electrons. The van der Waals surface area contributed by atoms with Crippen LogP contribution in [0.5, 0.6) is 0 Å². The van der Waals surface area contributed by atoms with E-state index in [9.17, 15) is 4.79 Å². The maximum atomic E-state index is 12.0. The fourth-order valence-electron chi connectivity index (χ4n) is 2.30. The monoisotopic (exact) mass is 330 g/mol. The summed E-state index contributed by atoms with van der Waals surface area (Å²) in [5, 5.41) is 0. The molecule has 1 aliphatic heterocycles. The second-order valence-electron chi connectivity index (χ2n) is 5.79. The van der Waals surface area contributed by atoms with Crippen molar-refractivity contribution in [2.45, 2.75) is 26.8 Å². The number of halogens is 1. The Kier molecular flexibility index (Phi) is 6.33. The first-order chi connectivity index (χ1) is 10.0. The summed E-state index contributed by atoms with van der Waals surface area (Å²) in [4.78, 5) is 17.5. The number of amides is 1. The minimum absolute atomic E-state index is 0.176. The summed E-state index contributed by atoms with van der Waals surface area (Å²) in [5.41, 5.74) is 0. The zero-order valence-corrected chi connectivity index (χ0v) is 14.3. The van der Waals surface area contributed by atoms with Crippen molar-refractivity contribution >= 4 is 29.0 Å². The highest BCUT2D eigenvalue weighted by Gasteiger charge is 2.20. The van der Waals surface area contributed by atoms with Gasteiger partial charge in [-0.25, -0.2) is 4.79 Å². The SMILES string of the molecule is CC(C)COC(=O)N1CCCN(Cc2ccc(Cl)s2)CC1. The van der Waals surface area contributed by atoms with E-state index in [0.29, 0.717) is 12.5 Å². The average molecular weight is 331 g/mol. The third-order valence-corrected chi connectivity index (χ3v) is 4.61. The average Bonchev–Trinajstić information content (AvgIpc) is 2.71. The summed E-state index contributed by atoms with van der Waals surface area (Å²) >= 11 is 7.59. The summed E-state index contributed by atoms with van der Waals surface area (Å²) in [6.07, 6.45) is 0.806. The van der Waals surface area contributed by atoms with Gasteiger partial charge >= 0.3 is 6.09 Å². The van der Waals surface area contributed by atoms with E-state index in [1.165, 1.54) is 4.88 Å². The van der Waals surface area contributed by atoms with Crippen LogP contribution < -0.4 is 0 Å². The van der Waals surface area contributed by atoms with Crippen LogP contribution >= 0.6 is 22.9 Å². The number of ether oxygens (including phenoxy) is 1. The summed E-state index contributed by atoms with van der Waals surface area (Å²) in [6.45, 7) is 8.89. The van der Waals surface area contributed by atoms with E-state index in [1.807, 2.05) is 24.8 Å². The van der Waals surface area contributed by atoms with E-state index in [4.69, 9.17) is 16.3 Å². The first kappa shape index (κ1) is 16.6. The van der Waals surface area contributed by atoms with Crippen LogP contribution in [0.15, 0.2) is 12.1 Å². The number of thiophene rings is 1. The first-order valence-electron chi connectivity index (χ1n) is 7.43. The molecule has 0 saturated carbocycles. The van der Waals surface area contributed by atoms with E-state index >= 15 is 0 Å². The third kappa shape index (κ3) is 5.49. The van der Waals surface area contributed by atoms with Crippen molar-refractivity contribution < 1.29 is 9.53 Å². The molecular formula is C15H23ClN2O2S. The lowest BCUT2D eigenvalue weighted by atomic mass is 10.2. The van der Waals surface area contributed by atoms with Crippen LogP contribution in [-0.4, -0.2) is 48.7 Å². The molecule has 2 heterocycles. The first-order valence-corrected chi connectivity index (χ1v) is 8.62. The predicted octanol–water partition coefficient (Wildman–Crippen LogP) is 3.70. The number of hydrogen-bond donors (Lipinski definition) is 0. The molecule has 0 bridgehead atoms. The zero-order valence-electron chi connectivity index (χ0n) is 12.7. The molecule has 6 heteroatoms. The molecule has 1 saturated heterocycles. The number of rotatable bonds is 4. The third-order valence-electron chi connectivity index (χ3n) is 3.40. The Balaban J connectivity index is 1.80. The standard InChI is InChI=1S/C15H23ClN2O2S/c1-12(2)11-20-15(19)18-7-3-6-17(8-9-18)10-13-4-5-14(16)21-13/h4-5,12H,3,6-11H2,1-2H3. The summed E-state index contributed by atoms with van der Waals surface area (Å²) in [7, 11) is 0. The minimum Gasteiger partial charge on any atom is -0.449 e. The summed E-state index contributed by atoms with van der Waals surface area (Å²) in [6, 6.07) is 4.02. The molecule has 4 nitrogen and oxygen atoms in total. The molecular weight excluding hydrogens is 308 g/mol. The van der Waals surface area contributed by atoms with Gasteiger partial charge in [-0.2, -0.15) is 0 Å². The lowest BCUT2D eigenvalue weighted by molar-refractivity contribution is 0.0930. The van der Waals surface area contributed by atoms with Crippen molar-refractivity contribution in [1.82, 2.24) is 9.80 Å². The smallest absolute Gasteiger partial charge is 0.409 e. The zero-order chi connectivity index (χ0) is 15.2. The number of nitrogens with zero attached hydrogens (tertiary/aromatic N) is 2. The van der Waals surface area contributed by atoms with Gasteiger partial charge in [0.2, 0.25) is 0 Å². The minimum atomic E-state index is -0.176. The van der Waals surface area contributed by atoms with Crippen LogP contribution in [0.1, 0.15) is 25.1 Å². The van der Waals surface area contributed by atoms with Crippen LogP contribution in [-0.2, 0) is 11.3 Å². The topological polar surface area (TPSA) is 32.8 Å². The van der Waals surface area contributed by atoms with Gasteiger partial charge in [0.15, 0.2) is 0 Å². The Labute approximate surface area is 135 Å². The fourth-order valence-corrected chi connectivity index (χ4v) is 3.43. The number of hydrogen-bond acceptors (Lipinski definition) is 4. The molecule has 1 aromatic heterocycles. The van der Waals surface area contributed by atoms with Gasteiger partial charge in [-0.15, -0.1) is 11.3 Å². The van der Waals surface area contributed by atoms with Crippen LogP contribution in [0.3, 0.4) is 0 Å². The largest absolute Gasteiger partial charge is 0.449 e. The lowest BCUT2D eigenvalue weighted by Crippen LogP contribution is -2.36. The van der Waals surface area contributed by atoms with Gasteiger partial charge in [0.25, 0.3) is 0 Å². The van der Waals surface area contributed by atoms with Gasteiger partial charge in [-0.1, -0.05) is 25.4 Å². The highest BCUT2D eigenvalue weighted by Crippen LogP contribution is 2.23. The molecule has 1 fully saturated rings. The van der Waals surface area contributed by atoms with Gasteiger partial charge in [0.05, 0.1) is 10.9 Å². The second-order valence-corrected chi connectivity index (χ2v) is 7.59. The van der Waals surface area contributed by atoms with Crippen LogP contribution in [0.25, 0.3) is 0 Å². The maximum absolute atomic E-state index is 12.0. The van der Waals surface area contributed by atoms with Crippen LogP contribution in [0.4, 0.5) is 4.79 Å². The van der Waals surface area contributed by atoms with Crippen molar-refractivity contribution in [3.05, 3.63) is 21.3 Å². The fraction of sp³-hybridized carbons (Fsp3) is 0.667. The Hall–Kier alpha value is -0.780. The van der Waals surface area contributed by atoms with Gasteiger partial charge in [0.1, 0.15) is 0 Å². The molecule has 118 valence electrons. The quantitative estimate of drug-likeness (QED) is 0.843. The molecule has 0 aromatic carbocycles. The van der Waals surface area contributed by atoms with Gasteiger partial charge < -0.3 is 9.64 Å². The molecule has 1 amide bonds. The summed E-state index contributed by atoms with van der Waals surface area (Å²) in [5.74, 6) is 0.376. The molecule has 0 unspecified atom stereocenters. The normalized spacial score (nSPS) is 17.0.